The molecule has 1 saturated heterocycles. The lowest BCUT2D eigenvalue weighted by Crippen LogP contribution is -2.46. The molecule has 1 aromatic heterocycles. The molecule has 6 nitrogen and oxygen atoms in total. The number of likely N-dealkylation sites (N-methyl/N-ethyl adjacent to an activating group) is 1. The number of anilines is 2. The van der Waals surface area contributed by atoms with Gasteiger partial charge in [-0.25, -0.2) is 9.78 Å². The van der Waals surface area contributed by atoms with Crippen molar-refractivity contribution in [2.24, 2.45) is 0 Å². The normalized spacial score (nSPS) is 15.0. The van der Waals surface area contributed by atoms with E-state index in [0.717, 1.165) is 55.2 Å². The van der Waals surface area contributed by atoms with E-state index in [2.05, 4.69) is 45.0 Å². The smallest absolute Gasteiger partial charge is 0.319 e. The quantitative estimate of drug-likeness (QED) is 0.749. The van der Waals surface area contributed by atoms with Crippen LogP contribution in [0.25, 0.3) is 5.57 Å². The number of hydrogen-bond acceptors (Lipinski definition) is 4. The van der Waals surface area contributed by atoms with Gasteiger partial charge in [-0.05, 0) is 56.6 Å². The van der Waals surface area contributed by atoms with E-state index in [1.807, 2.05) is 51.1 Å². The minimum Gasteiger partial charge on any atom is -0.354 e. The zero-order valence-corrected chi connectivity index (χ0v) is 18.5. The number of aromatic nitrogens is 1. The molecule has 1 aliphatic rings. The van der Waals surface area contributed by atoms with Gasteiger partial charge in [0.1, 0.15) is 5.82 Å². The Morgan fingerprint density at radius 2 is 1.90 bits per heavy atom. The Balaban J connectivity index is 1.59. The van der Waals surface area contributed by atoms with Crippen molar-refractivity contribution >= 4 is 23.1 Å². The second-order valence-corrected chi connectivity index (χ2v) is 8.39. The fourth-order valence-corrected chi connectivity index (χ4v) is 3.63. The first kappa shape index (κ1) is 21.8. The number of amides is 2. The minimum absolute atomic E-state index is 0.258. The van der Waals surface area contributed by atoms with Crippen LogP contribution in [-0.4, -0.2) is 48.6 Å². The van der Waals surface area contributed by atoms with Gasteiger partial charge in [0.2, 0.25) is 0 Å². The average Bonchev–Trinajstić information content (AvgIpc) is 2.74. The van der Waals surface area contributed by atoms with Crippen molar-refractivity contribution in [3.8, 4) is 0 Å². The third-order valence-electron chi connectivity index (χ3n) is 5.65. The lowest BCUT2D eigenvalue weighted by Gasteiger charge is -2.34. The van der Waals surface area contributed by atoms with Gasteiger partial charge in [0.25, 0.3) is 0 Å². The van der Waals surface area contributed by atoms with Crippen LogP contribution in [0.4, 0.5) is 16.3 Å². The summed E-state index contributed by atoms with van der Waals surface area (Å²) in [5.74, 6) is 0.952. The molecule has 2 aromatic rings. The van der Waals surface area contributed by atoms with Crippen molar-refractivity contribution in [3.05, 3.63) is 60.3 Å². The maximum absolute atomic E-state index is 12.6. The van der Waals surface area contributed by atoms with Crippen LogP contribution in [0.2, 0.25) is 0 Å². The first-order chi connectivity index (χ1) is 14.3. The van der Waals surface area contributed by atoms with Crippen LogP contribution < -0.4 is 15.5 Å². The minimum atomic E-state index is -0.526. The standard InChI is InChI=1S/C24H33N5O/c1-6-28-12-14-29(15-13-28)22-11-10-21(17-25-22)26-23(30)27-24(4,5)20-9-7-8-19(16-20)18(2)3/h7-11,16-17H,2,6,12-15H2,1,3-5H3,(H2,26,27,30). The van der Waals surface area contributed by atoms with Crippen molar-refractivity contribution < 1.29 is 4.79 Å². The predicted molar refractivity (Wildman–Crippen MR) is 125 cm³/mol. The van der Waals surface area contributed by atoms with Crippen LogP contribution in [0.5, 0.6) is 0 Å². The van der Waals surface area contributed by atoms with E-state index in [1.54, 1.807) is 6.20 Å². The summed E-state index contributed by atoms with van der Waals surface area (Å²) in [6.07, 6.45) is 1.72. The highest BCUT2D eigenvalue weighted by Gasteiger charge is 2.23. The Morgan fingerprint density at radius 1 is 1.17 bits per heavy atom. The molecule has 2 heterocycles. The highest BCUT2D eigenvalue weighted by molar-refractivity contribution is 5.89. The van der Waals surface area contributed by atoms with Crippen LogP contribution in [0.15, 0.2) is 49.2 Å². The van der Waals surface area contributed by atoms with E-state index in [-0.39, 0.29) is 6.03 Å². The SMILES string of the molecule is C=C(C)c1cccc(C(C)(C)NC(=O)Nc2ccc(N3CCN(CC)CC3)nc2)c1. The van der Waals surface area contributed by atoms with Crippen LogP contribution in [-0.2, 0) is 5.54 Å². The molecule has 0 saturated carbocycles. The van der Waals surface area contributed by atoms with Crippen molar-refractivity contribution in [1.82, 2.24) is 15.2 Å². The van der Waals surface area contributed by atoms with E-state index < -0.39 is 5.54 Å². The number of piperazine rings is 1. The van der Waals surface area contributed by atoms with Gasteiger partial charge in [0.15, 0.2) is 0 Å². The van der Waals surface area contributed by atoms with Gasteiger partial charge in [0, 0.05) is 26.2 Å². The van der Waals surface area contributed by atoms with Crippen LogP contribution in [0, 0.1) is 0 Å². The van der Waals surface area contributed by atoms with E-state index in [0.29, 0.717) is 5.69 Å². The van der Waals surface area contributed by atoms with Crippen molar-refractivity contribution in [2.75, 3.05) is 42.9 Å². The largest absolute Gasteiger partial charge is 0.354 e. The number of hydrogen-bond donors (Lipinski definition) is 2. The number of rotatable bonds is 6. The molecule has 1 fully saturated rings. The first-order valence-corrected chi connectivity index (χ1v) is 10.6. The maximum Gasteiger partial charge on any atom is 0.319 e. The van der Waals surface area contributed by atoms with Crippen LogP contribution in [0.3, 0.4) is 0 Å². The summed E-state index contributed by atoms with van der Waals surface area (Å²) in [4.78, 5) is 21.9. The summed E-state index contributed by atoms with van der Waals surface area (Å²) in [5, 5.41) is 5.95. The Hall–Kier alpha value is -2.86. The fourth-order valence-electron chi connectivity index (χ4n) is 3.63. The van der Waals surface area contributed by atoms with Crippen molar-refractivity contribution in [3.63, 3.8) is 0 Å². The molecule has 160 valence electrons. The van der Waals surface area contributed by atoms with Gasteiger partial charge in [0.05, 0.1) is 17.4 Å². The molecule has 0 unspecified atom stereocenters. The zero-order chi connectivity index (χ0) is 21.7. The third kappa shape index (κ3) is 5.39. The van der Waals surface area contributed by atoms with E-state index in [4.69, 9.17) is 0 Å². The number of allylic oxidation sites excluding steroid dienone is 1. The lowest BCUT2D eigenvalue weighted by atomic mass is 9.92. The molecule has 0 atom stereocenters. The monoisotopic (exact) mass is 407 g/mol. The number of nitrogens with one attached hydrogen (secondary N) is 2. The topological polar surface area (TPSA) is 60.5 Å². The van der Waals surface area contributed by atoms with Gasteiger partial charge in [-0.1, -0.05) is 37.3 Å². The van der Waals surface area contributed by atoms with E-state index in [9.17, 15) is 4.79 Å². The number of benzene rings is 1. The number of carbonyl (C=O) groups is 1. The van der Waals surface area contributed by atoms with E-state index >= 15 is 0 Å². The second kappa shape index (κ2) is 9.30. The zero-order valence-electron chi connectivity index (χ0n) is 18.5. The summed E-state index contributed by atoms with van der Waals surface area (Å²) >= 11 is 0. The molecule has 30 heavy (non-hydrogen) atoms. The Kier molecular flexibility index (Phi) is 6.77. The van der Waals surface area contributed by atoms with Gasteiger partial charge in [-0.3, -0.25) is 0 Å². The molecular formula is C24H33N5O. The average molecular weight is 408 g/mol. The molecule has 0 bridgehead atoms. The number of nitrogens with zero attached hydrogens (tertiary/aromatic N) is 3. The summed E-state index contributed by atoms with van der Waals surface area (Å²) in [6, 6.07) is 11.7. The number of urea groups is 1. The van der Waals surface area contributed by atoms with Gasteiger partial charge >= 0.3 is 6.03 Å². The first-order valence-electron chi connectivity index (χ1n) is 10.6. The van der Waals surface area contributed by atoms with E-state index in [1.165, 1.54) is 0 Å². The van der Waals surface area contributed by atoms with Gasteiger partial charge in [-0.15, -0.1) is 0 Å². The maximum atomic E-state index is 12.6. The summed E-state index contributed by atoms with van der Waals surface area (Å²) < 4.78 is 0. The molecule has 6 heteroatoms. The third-order valence-corrected chi connectivity index (χ3v) is 5.65. The second-order valence-electron chi connectivity index (χ2n) is 8.39. The van der Waals surface area contributed by atoms with Gasteiger partial charge < -0.3 is 20.4 Å². The van der Waals surface area contributed by atoms with Crippen LogP contribution in [0.1, 0.15) is 38.8 Å². The molecule has 2 N–H and O–H groups in total. The molecular weight excluding hydrogens is 374 g/mol. The highest BCUT2D eigenvalue weighted by Crippen LogP contribution is 2.24. The highest BCUT2D eigenvalue weighted by atomic mass is 16.2. The molecule has 3 rings (SSSR count). The Morgan fingerprint density at radius 3 is 2.50 bits per heavy atom. The van der Waals surface area contributed by atoms with Crippen LogP contribution >= 0.6 is 0 Å². The number of pyridine rings is 1. The molecule has 0 aliphatic carbocycles. The summed E-state index contributed by atoms with van der Waals surface area (Å²) in [6.45, 7) is 17.3. The molecule has 1 aromatic carbocycles. The summed E-state index contributed by atoms with van der Waals surface area (Å²) in [5.41, 5.74) is 3.25. The molecule has 0 spiro atoms. The van der Waals surface area contributed by atoms with Crippen molar-refractivity contribution in [2.45, 2.75) is 33.2 Å². The van der Waals surface area contributed by atoms with Gasteiger partial charge in [-0.2, -0.15) is 0 Å². The predicted octanol–water partition coefficient (Wildman–Crippen LogP) is 4.31. The number of carbonyl (C=O) groups excluding carboxylic acids is 1. The molecule has 1 aliphatic heterocycles. The molecule has 0 radical (unpaired) electrons. The summed E-state index contributed by atoms with van der Waals surface area (Å²) in [7, 11) is 0. The molecule has 2 amide bonds. The Bertz CT molecular complexity index is 883. The van der Waals surface area contributed by atoms with Crippen molar-refractivity contribution in [1.29, 1.82) is 0 Å². The fraction of sp³-hybridized carbons (Fsp3) is 0.417. The Labute approximate surface area is 180 Å². The lowest BCUT2D eigenvalue weighted by molar-refractivity contribution is 0.242.